The first-order chi connectivity index (χ1) is 9.65. The summed E-state index contributed by atoms with van der Waals surface area (Å²) in [6.45, 7) is 2.88. The van der Waals surface area contributed by atoms with Crippen molar-refractivity contribution in [1.82, 2.24) is 5.32 Å². The Morgan fingerprint density at radius 1 is 1.50 bits per heavy atom. The molecule has 20 heavy (non-hydrogen) atoms. The Morgan fingerprint density at radius 2 is 2.20 bits per heavy atom. The van der Waals surface area contributed by atoms with Gasteiger partial charge in [-0.3, -0.25) is 4.79 Å². The molecule has 0 aromatic heterocycles. The summed E-state index contributed by atoms with van der Waals surface area (Å²) < 4.78 is 5.43. The lowest BCUT2D eigenvalue weighted by Crippen LogP contribution is -2.40. The number of hydrogen-bond acceptors (Lipinski definition) is 4. The van der Waals surface area contributed by atoms with E-state index in [-0.39, 0.29) is 24.0 Å². The zero-order chi connectivity index (χ0) is 14.5. The number of ketones is 1. The van der Waals surface area contributed by atoms with Gasteiger partial charge in [-0.15, -0.1) is 0 Å². The number of morpholine rings is 1. The largest absolute Gasteiger partial charge is 0.380 e. The summed E-state index contributed by atoms with van der Waals surface area (Å²) in [4.78, 5) is 12.4. The Morgan fingerprint density at radius 3 is 2.80 bits per heavy atom. The predicted octanol–water partition coefficient (Wildman–Crippen LogP) is 2.70. The van der Waals surface area contributed by atoms with Gasteiger partial charge in [0.1, 0.15) is 11.6 Å². The quantitative estimate of drug-likeness (QED) is 0.528. The van der Waals surface area contributed by atoms with Crippen LogP contribution in [-0.2, 0) is 4.74 Å². The number of nitrogens with one attached hydrogen (secondary N) is 1. The van der Waals surface area contributed by atoms with Crippen molar-refractivity contribution in [3.63, 3.8) is 0 Å². The highest BCUT2D eigenvalue weighted by Crippen LogP contribution is 2.17. The van der Waals surface area contributed by atoms with Crippen LogP contribution in [0, 0.1) is 11.3 Å². The molecule has 4 nitrogen and oxygen atoms in total. The molecular formula is C15H15ClN2O2. The summed E-state index contributed by atoms with van der Waals surface area (Å²) >= 11 is 5.80. The van der Waals surface area contributed by atoms with Crippen molar-refractivity contribution < 1.29 is 9.53 Å². The number of ether oxygens (including phenoxy) is 1. The van der Waals surface area contributed by atoms with E-state index in [1.165, 1.54) is 0 Å². The summed E-state index contributed by atoms with van der Waals surface area (Å²) in [6.07, 6.45) is 0.872. The molecule has 1 unspecified atom stereocenters. The summed E-state index contributed by atoms with van der Waals surface area (Å²) in [5, 5.41) is 13.0. The van der Waals surface area contributed by atoms with Crippen molar-refractivity contribution in [2.75, 3.05) is 13.2 Å². The fourth-order valence-corrected chi connectivity index (χ4v) is 2.12. The van der Waals surface area contributed by atoms with Gasteiger partial charge in [0, 0.05) is 16.6 Å². The number of carbonyl (C=O) groups excluding carboxylic acids is 1. The number of halogens is 1. The van der Waals surface area contributed by atoms with Crippen LogP contribution in [0.1, 0.15) is 23.7 Å². The Balaban J connectivity index is 2.29. The first kappa shape index (κ1) is 14.6. The molecule has 0 spiro atoms. The molecule has 0 aliphatic carbocycles. The van der Waals surface area contributed by atoms with Crippen LogP contribution < -0.4 is 5.32 Å². The topological polar surface area (TPSA) is 62.1 Å². The molecule has 0 saturated carbocycles. The molecule has 1 aliphatic heterocycles. The lowest BCUT2D eigenvalue weighted by molar-refractivity contribution is 0.0941. The molecule has 0 amide bonds. The van der Waals surface area contributed by atoms with Gasteiger partial charge in [-0.25, -0.2) is 0 Å². The highest BCUT2D eigenvalue weighted by Gasteiger charge is 2.22. The monoisotopic (exact) mass is 290 g/mol. The first-order valence-electron chi connectivity index (χ1n) is 6.43. The highest BCUT2D eigenvalue weighted by atomic mass is 35.5. The van der Waals surface area contributed by atoms with E-state index in [2.05, 4.69) is 5.32 Å². The smallest absolute Gasteiger partial charge is 0.205 e. The zero-order valence-corrected chi connectivity index (χ0v) is 11.9. The molecule has 1 saturated heterocycles. The second kappa shape index (κ2) is 6.56. The zero-order valence-electron chi connectivity index (χ0n) is 11.1. The summed E-state index contributed by atoms with van der Waals surface area (Å²) in [6, 6.07) is 8.62. The van der Waals surface area contributed by atoms with Crippen LogP contribution in [0.3, 0.4) is 0 Å². The normalized spacial score (nSPS) is 20.8. The van der Waals surface area contributed by atoms with Crippen LogP contribution >= 0.6 is 11.6 Å². The van der Waals surface area contributed by atoms with E-state index in [9.17, 15) is 10.1 Å². The maximum absolute atomic E-state index is 12.4. The average molecular weight is 291 g/mol. The van der Waals surface area contributed by atoms with Gasteiger partial charge in [-0.2, -0.15) is 5.26 Å². The van der Waals surface area contributed by atoms with Crippen LogP contribution in [0.25, 0.3) is 0 Å². The minimum atomic E-state index is -0.313. The minimum Gasteiger partial charge on any atom is -0.380 e. The van der Waals surface area contributed by atoms with Crippen molar-refractivity contribution in [3.8, 4) is 6.07 Å². The molecule has 1 aliphatic rings. The van der Waals surface area contributed by atoms with Crippen molar-refractivity contribution >= 4 is 17.4 Å². The van der Waals surface area contributed by atoms with Gasteiger partial charge in [0.15, 0.2) is 0 Å². The molecule has 0 bridgehead atoms. The number of carbonyl (C=O) groups is 1. The third-order valence-electron chi connectivity index (χ3n) is 3.18. The van der Waals surface area contributed by atoms with Crippen molar-refractivity contribution in [2.24, 2.45) is 0 Å². The number of nitrogens with zero attached hydrogens (tertiary/aromatic N) is 1. The van der Waals surface area contributed by atoms with Gasteiger partial charge in [0.05, 0.1) is 18.9 Å². The van der Waals surface area contributed by atoms with E-state index >= 15 is 0 Å². The summed E-state index contributed by atoms with van der Waals surface area (Å²) in [5.41, 5.74) is 1.11. The summed E-state index contributed by atoms with van der Waals surface area (Å²) in [5.74, 6) is -0.313. The van der Waals surface area contributed by atoms with Crippen LogP contribution in [0.15, 0.2) is 35.5 Å². The van der Waals surface area contributed by atoms with Crippen molar-refractivity contribution in [2.45, 2.75) is 19.4 Å². The van der Waals surface area contributed by atoms with Crippen LogP contribution in [-0.4, -0.2) is 25.0 Å². The molecule has 5 heteroatoms. The van der Waals surface area contributed by atoms with Gasteiger partial charge in [-0.05, 0) is 30.7 Å². The molecule has 1 atom stereocenters. The van der Waals surface area contributed by atoms with Gasteiger partial charge in [0.25, 0.3) is 0 Å². The van der Waals surface area contributed by atoms with Crippen molar-refractivity contribution in [1.29, 1.82) is 5.26 Å². The fourth-order valence-electron chi connectivity index (χ4n) is 2.00. The average Bonchev–Trinajstić information content (AvgIpc) is 2.49. The van der Waals surface area contributed by atoms with E-state index in [1.807, 2.05) is 13.0 Å². The van der Waals surface area contributed by atoms with E-state index in [1.54, 1.807) is 24.3 Å². The minimum absolute atomic E-state index is 0.102. The molecular weight excluding hydrogens is 276 g/mol. The van der Waals surface area contributed by atoms with Gasteiger partial charge < -0.3 is 10.1 Å². The lowest BCUT2D eigenvalue weighted by atomic mass is 10.0. The number of Topliss-reactive ketones (excluding diaryl/α,β-unsaturated/α-hetero) is 1. The number of benzene rings is 1. The SMILES string of the molecule is CCC1COC/C(=C(\C#N)C(=O)c2ccc(Cl)cc2)N1. The Kier molecular flexibility index (Phi) is 4.78. The van der Waals surface area contributed by atoms with E-state index < -0.39 is 0 Å². The van der Waals surface area contributed by atoms with E-state index in [4.69, 9.17) is 16.3 Å². The van der Waals surface area contributed by atoms with E-state index in [0.717, 1.165) is 6.42 Å². The Bertz CT molecular complexity index is 573. The molecule has 1 N–H and O–H groups in total. The number of nitriles is 1. The fraction of sp³-hybridized carbons (Fsp3) is 0.333. The third-order valence-corrected chi connectivity index (χ3v) is 3.44. The molecule has 1 aromatic rings. The second-order valence-electron chi connectivity index (χ2n) is 4.57. The maximum Gasteiger partial charge on any atom is 0.205 e. The van der Waals surface area contributed by atoms with E-state index in [0.29, 0.717) is 22.9 Å². The molecule has 1 aromatic carbocycles. The third kappa shape index (κ3) is 3.19. The lowest BCUT2D eigenvalue weighted by Gasteiger charge is -2.26. The predicted molar refractivity (Wildman–Crippen MR) is 76.5 cm³/mol. The molecule has 0 radical (unpaired) electrons. The standard InChI is InChI=1S/C15H15ClN2O2/c1-2-12-8-20-9-14(18-12)13(7-17)15(19)10-3-5-11(16)6-4-10/h3-6,12,18H,2,8-9H2,1H3/b14-13-. The molecule has 2 rings (SSSR count). The van der Waals surface area contributed by atoms with Crippen LogP contribution in [0.5, 0.6) is 0 Å². The van der Waals surface area contributed by atoms with Gasteiger partial charge in [0.2, 0.25) is 5.78 Å². The van der Waals surface area contributed by atoms with Crippen LogP contribution in [0.4, 0.5) is 0 Å². The van der Waals surface area contributed by atoms with Gasteiger partial charge >= 0.3 is 0 Å². The Hall–Kier alpha value is -1.83. The first-order valence-corrected chi connectivity index (χ1v) is 6.81. The molecule has 104 valence electrons. The van der Waals surface area contributed by atoms with Crippen molar-refractivity contribution in [3.05, 3.63) is 46.1 Å². The second-order valence-corrected chi connectivity index (χ2v) is 5.00. The Labute approximate surface area is 123 Å². The van der Waals surface area contributed by atoms with Gasteiger partial charge in [-0.1, -0.05) is 18.5 Å². The number of rotatable bonds is 3. The highest BCUT2D eigenvalue weighted by molar-refractivity contribution is 6.30. The maximum atomic E-state index is 12.4. The summed E-state index contributed by atoms with van der Waals surface area (Å²) in [7, 11) is 0. The van der Waals surface area contributed by atoms with Crippen LogP contribution in [0.2, 0.25) is 5.02 Å². The number of hydrogen-bond donors (Lipinski definition) is 1. The molecule has 1 heterocycles. The number of allylic oxidation sites excluding steroid dienone is 1. The molecule has 1 fully saturated rings.